The molecule has 139 valence electrons. The van der Waals surface area contributed by atoms with Crippen LogP contribution in [-0.2, 0) is 4.74 Å². The molecule has 0 fully saturated rings. The van der Waals surface area contributed by atoms with Crippen LogP contribution in [0.15, 0.2) is 36.4 Å². The standard InChI is InChI=1S/C20H26NO4Si/c1-15-18(16-6-8-17(24-2)9-7-16)10-11-20(21(22)23)19(15)14-25-12-13-26(3,4)5/h6-11,14H,12-13H2,1-5H3. The van der Waals surface area contributed by atoms with E-state index in [1.165, 1.54) is 0 Å². The Kier molecular flexibility index (Phi) is 6.56. The van der Waals surface area contributed by atoms with Gasteiger partial charge in [0.2, 0.25) is 0 Å². The molecule has 26 heavy (non-hydrogen) atoms. The topological polar surface area (TPSA) is 61.6 Å². The summed E-state index contributed by atoms with van der Waals surface area (Å²) in [5.74, 6) is 0.773. The highest BCUT2D eigenvalue weighted by molar-refractivity contribution is 6.76. The molecule has 5 nitrogen and oxygen atoms in total. The lowest BCUT2D eigenvalue weighted by Crippen LogP contribution is -2.21. The molecule has 0 bridgehead atoms. The number of methoxy groups -OCH3 is 1. The molecule has 0 heterocycles. The number of hydrogen-bond donors (Lipinski definition) is 0. The lowest BCUT2D eigenvalue weighted by molar-refractivity contribution is -0.385. The van der Waals surface area contributed by atoms with Crippen LogP contribution in [0.2, 0.25) is 25.7 Å². The van der Waals surface area contributed by atoms with Crippen molar-refractivity contribution in [1.82, 2.24) is 0 Å². The molecule has 2 aromatic carbocycles. The third-order valence-electron chi connectivity index (χ3n) is 4.26. The van der Waals surface area contributed by atoms with Crippen molar-refractivity contribution < 1.29 is 14.4 Å². The first kappa shape index (κ1) is 20.1. The van der Waals surface area contributed by atoms with E-state index in [-0.39, 0.29) is 10.6 Å². The molecule has 6 heteroatoms. The predicted octanol–water partition coefficient (Wildman–Crippen LogP) is 5.44. The quantitative estimate of drug-likeness (QED) is 0.268. The normalized spacial score (nSPS) is 11.4. The van der Waals surface area contributed by atoms with Gasteiger partial charge in [0.15, 0.2) is 0 Å². The molecule has 0 spiro atoms. The molecule has 0 aliphatic heterocycles. The molecule has 1 radical (unpaired) electrons. The lowest BCUT2D eigenvalue weighted by atomic mass is 9.95. The van der Waals surface area contributed by atoms with E-state index in [1.807, 2.05) is 31.2 Å². The lowest BCUT2D eigenvalue weighted by Gasteiger charge is -2.16. The van der Waals surface area contributed by atoms with Gasteiger partial charge >= 0.3 is 0 Å². The molecule has 0 atom stereocenters. The van der Waals surface area contributed by atoms with Crippen molar-refractivity contribution in [2.75, 3.05) is 13.7 Å². The molecule has 2 rings (SSSR count). The Morgan fingerprint density at radius 1 is 1.12 bits per heavy atom. The van der Waals surface area contributed by atoms with Crippen LogP contribution in [0.3, 0.4) is 0 Å². The van der Waals surface area contributed by atoms with E-state index >= 15 is 0 Å². The maximum absolute atomic E-state index is 11.4. The minimum atomic E-state index is -1.21. The third-order valence-corrected chi connectivity index (χ3v) is 5.96. The Hall–Kier alpha value is -2.18. The van der Waals surface area contributed by atoms with Crippen molar-refractivity contribution in [3.8, 4) is 16.9 Å². The first-order chi connectivity index (χ1) is 12.2. The predicted molar refractivity (Wildman–Crippen MR) is 107 cm³/mol. The first-order valence-electron chi connectivity index (χ1n) is 8.60. The highest BCUT2D eigenvalue weighted by Crippen LogP contribution is 2.33. The van der Waals surface area contributed by atoms with Gasteiger partial charge in [-0.15, -0.1) is 0 Å². The third kappa shape index (κ3) is 5.16. The summed E-state index contributed by atoms with van der Waals surface area (Å²) in [6, 6.07) is 12.0. The molecule has 0 aliphatic carbocycles. The summed E-state index contributed by atoms with van der Waals surface area (Å²) >= 11 is 0. The zero-order chi connectivity index (χ0) is 19.3. The van der Waals surface area contributed by atoms with Crippen LogP contribution in [0.1, 0.15) is 11.1 Å². The van der Waals surface area contributed by atoms with E-state index in [1.54, 1.807) is 25.8 Å². The number of nitro groups is 1. The van der Waals surface area contributed by atoms with Gasteiger partial charge in [0.25, 0.3) is 5.69 Å². The molecule has 2 aromatic rings. The maximum atomic E-state index is 11.4. The number of ether oxygens (including phenoxy) is 2. The molecule has 0 amide bonds. The van der Waals surface area contributed by atoms with Crippen LogP contribution in [0, 0.1) is 23.6 Å². The fourth-order valence-corrected chi connectivity index (χ4v) is 3.34. The summed E-state index contributed by atoms with van der Waals surface area (Å²) in [4.78, 5) is 11.1. The smallest absolute Gasteiger partial charge is 0.275 e. The van der Waals surface area contributed by atoms with E-state index in [0.29, 0.717) is 12.2 Å². The van der Waals surface area contributed by atoms with E-state index in [2.05, 4.69) is 19.6 Å². The Balaban J connectivity index is 2.30. The van der Waals surface area contributed by atoms with Crippen molar-refractivity contribution in [2.45, 2.75) is 32.6 Å². The average molecular weight is 373 g/mol. The van der Waals surface area contributed by atoms with Gasteiger partial charge in [-0.2, -0.15) is 0 Å². The van der Waals surface area contributed by atoms with Gasteiger partial charge in [-0.1, -0.05) is 31.8 Å². The largest absolute Gasteiger partial charge is 0.497 e. The SMILES string of the molecule is COc1ccc(-c2ccc([N+](=O)[O-])c([CH]OCC[Si](C)(C)C)c2C)cc1. The van der Waals surface area contributed by atoms with Crippen molar-refractivity contribution in [1.29, 1.82) is 0 Å². The van der Waals surface area contributed by atoms with Crippen LogP contribution in [0.5, 0.6) is 5.75 Å². The fourth-order valence-electron chi connectivity index (χ4n) is 2.61. The number of rotatable bonds is 8. The average Bonchev–Trinajstić information content (AvgIpc) is 2.58. The summed E-state index contributed by atoms with van der Waals surface area (Å²) in [5.41, 5.74) is 3.34. The Labute approximate surface area is 156 Å². The minimum absolute atomic E-state index is 0.0627. The van der Waals surface area contributed by atoms with Gasteiger partial charge in [0.05, 0.1) is 17.6 Å². The van der Waals surface area contributed by atoms with Gasteiger partial charge in [0.1, 0.15) is 12.4 Å². The van der Waals surface area contributed by atoms with E-state index < -0.39 is 8.07 Å². The number of benzene rings is 2. The Morgan fingerprint density at radius 2 is 1.77 bits per heavy atom. The molecular weight excluding hydrogens is 346 g/mol. The minimum Gasteiger partial charge on any atom is -0.497 e. The summed E-state index contributed by atoms with van der Waals surface area (Å²) in [5, 5.41) is 11.4. The zero-order valence-electron chi connectivity index (χ0n) is 16.0. The van der Waals surface area contributed by atoms with Crippen molar-refractivity contribution in [2.24, 2.45) is 0 Å². The van der Waals surface area contributed by atoms with Crippen molar-refractivity contribution in [3.63, 3.8) is 0 Å². The van der Waals surface area contributed by atoms with Gasteiger partial charge in [0, 0.05) is 20.7 Å². The second-order valence-electron chi connectivity index (χ2n) is 7.46. The molecular formula is C20H26NO4Si. The monoisotopic (exact) mass is 372 g/mol. The molecule has 0 saturated heterocycles. The van der Waals surface area contributed by atoms with E-state index in [9.17, 15) is 10.1 Å². The second kappa shape index (κ2) is 8.47. The fraction of sp³-hybridized carbons (Fsp3) is 0.350. The van der Waals surface area contributed by atoms with Crippen LogP contribution < -0.4 is 4.74 Å². The summed E-state index contributed by atoms with van der Waals surface area (Å²) < 4.78 is 10.9. The van der Waals surface area contributed by atoms with Crippen LogP contribution >= 0.6 is 0 Å². The van der Waals surface area contributed by atoms with Gasteiger partial charge in [-0.3, -0.25) is 10.1 Å². The van der Waals surface area contributed by atoms with Crippen LogP contribution in [0.4, 0.5) is 5.69 Å². The zero-order valence-corrected chi connectivity index (χ0v) is 17.0. The molecule has 0 aromatic heterocycles. The number of hydrogen-bond acceptors (Lipinski definition) is 4. The van der Waals surface area contributed by atoms with E-state index in [4.69, 9.17) is 9.47 Å². The van der Waals surface area contributed by atoms with Crippen molar-refractivity contribution in [3.05, 3.63) is 64.2 Å². The molecule has 0 unspecified atom stereocenters. The van der Waals surface area contributed by atoms with Crippen LogP contribution in [-0.4, -0.2) is 26.7 Å². The maximum Gasteiger partial charge on any atom is 0.275 e. The van der Waals surface area contributed by atoms with Gasteiger partial charge in [-0.05, 0) is 47.9 Å². The first-order valence-corrected chi connectivity index (χ1v) is 12.3. The van der Waals surface area contributed by atoms with Crippen molar-refractivity contribution >= 4 is 13.8 Å². The summed E-state index contributed by atoms with van der Waals surface area (Å²) in [6.07, 6.45) is 0. The van der Waals surface area contributed by atoms with Crippen LogP contribution in [0.25, 0.3) is 11.1 Å². The molecule has 0 aliphatic rings. The highest BCUT2D eigenvalue weighted by atomic mass is 28.3. The molecule has 0 saturated carbocycles. The highest BCUT2D eigenvalue weighted by Gasteiger charge is 2.20. The molecule has 0 N–H and O–H groups in total. The summed E-state index contributed by atoms with van der Waals surface area (Å²) in [7, 11) is 0.414. The number of nitrogens with zero attached hydrogens (tertiary/aromatic N) is 1. The van der Waals surface area contributed by atoms with Gasteiger partial charge in [-0.25, -0.2) is 0 Å². The van der Waals surface area contributed by atoms with Gasteiger partial charge < -0.3 is 9.47 Å². The van der Waals surface area contributed by atoms with E-state index in [0.717, 1.165) is 28.5 Å². The Morgan fingerprint density at radius 3 is 2.31 bits per heavy atom. The summed E-state index contributed by atoms with van der Waals surface area (Å²) in [6.45, 7) is 10.8. The second-order valence-corrected chi connectivity index (χ2v) is 13.1. The number of nitro benzene ring substituents is 1. The Bertz CT molecular complexity index is 767.